The molecule has 1 rings (SSSR count). The van der Waals surface area contributed by atoms with Gasteiger partial charge in [-0.15, -0.1) is 0 Å². The predicted octanol–water partition coefficient (Wildman–Crippen LogP) is 0.00580. The number of hydrogen-bond donors (Lipinski definition) is 3. The lowest BCUT2D eigenvalue weighted by atomic mass is 10.2. The first kappa shape index (κ1) is 9.57. The van der Waals surface area contributed by atoms with Crippen LogP contribution in [0, 0.1) is 0 Å². The molecule has 5 nitrogen and oxygen atoms in total. The normalized spacial score (nSPS) is 9.85. The van der Waals surface area contributed by atoms with E-state index in [1.54, 1.807) is 6.20 Å². The van der Waals surface area contributed by atoms with Crippen LogP contribution in [0.1, 0.15) is 18.7 Å². The number of aromatic amines is 1. The minimum atomic E-state index is 0.165. The Labute approximate surface area is 77.3 Å². The standard InChI is InChI=1S/C8H15N5/c9-8(10)13-4-2-1-3-7-11-5-6-12-7/h5-6H,1-4H2,(H,11,12)(H4,9,10,13). The lowest BCUT2D eigenvalue weighted by Gasteiger charge is -1.95. The average molecular weight is 181 g/mol. The zero-order chi connectivity index (χ0) is 9.52. The van der Waals surface area contributed by atoms with Gasteiger partial charge in [0.1, 0.15) is 5.82 Å². The molecule has 5 heteroatoms. The molecular weight excluding hydrogens is 166 g/mol. The van der Waals surface area contributed by atoms with Gasteiger partial charge in [0, 0.05) is 25.4 Å². The number of aromatic nitrogens is 2. The molecule has 0 aliphatic heterocycles. The molecule has 72 valence electrons. The lowest BCUT2D eigenvalue weighted by Crippen LogP contribution is -2.22. The monoisotopic (exact) mass is 181 g/mol. The highest BCUT2D eigenvalue weighted by Crippen LogP contribution is 1.98. The Morgan fingerprint density at radius 1 is 1.46 bits per heavy atom. The number of rotatable bonds is 5. The lowest BCUT2D eigenvalue weighted by molar-refractivity contribution is 0.722. The van der Waals surface area contributed by atoms with E-state index in [1.165, 1.54) is 0 Å². The summed E-state index contributed by atoms with van der Waals surface area (Å²) in [5, 5.41) is 0. The molecule has 0 aliphatic rings. The van der Waals surface area contributed by atoms with Crippen molar-refractivity contribution in [1.82, 2.24) is 9.97 Å². The van der Waals surface area contributed by atoms with Gasteiger partial charge in [-0.05, 0) is 12.8 Å². The second kappa shape index (κ2) is 5.18. The van der Waals surface area contributed by atoms with Crippen molar-refractivity contribution in [3.8, 4) is 0 Å². The molecule has 0 amide bonds. The van der Waals surface area contributed by atoms with Crippen molar-refractivity contribution < 1.29 is 0 Å². The van der Waals surface area contributed by atoms with Crippen molar-refractivity contribution in [2.24, 2.45) is 16.5 Å². The summed E-state index contributed by atoms with van der Waals surface area (Å²) >= 11 is 0. The largest absolute Gasteiger partial charge is 0.370 e. The van der Waals surface area contributed by atoms with E-state index >= 15 is 0 Å². The molecule has 1 aromatic heterocycles. The fourth-order valence-electron chi connectivity index (χ4n) is 1.05. The molecule has 0 bridgehead atoms. The van der Waals surface area contributed by atoms with Crippen LogP contribution >= 0.6 is 0 Å². The number of imidazole rings is 1. The summed E-state index contributed by atoms with van der Waals surface area (Å²) in [6, 6.07) is 0. The van der Waals surface area contributed by atoms with Crippen molar-refractivity contribution in [2.75, 3.05) is 6.54 Å². The molecule has 0 aliphatic carbocycles. The minimum absolute atomic E-state index is 0.165. The van der Waals surface area contributed by atoms with Crippen LogP contribution in [0.25, 0.3) is 0 Å². The van der Waals surface area contributed by atoms with Gasteiger partial charge in [0.2, 0.25) is 0 Å². The molecule has 0 saturated carbocycles. The van der Waals surface area contributed by atoms with Gasteiger partial charge in [0.25, 0.3) is 0 Å². The van der Waals surface area contributed by atoms with Gasteiger partial charge in [0.15, 0.2) is 5.96 Å². The van der Waals surface area contributed by atoms with Crippen LogP contribution in [-0.2, 0) is 6.42 Å². The van der Waals surface area contributed by atoms with Gasteiger partial charge in [-0.3, -0.25) is 4.99 Å². The molecule has 0 aromatic carbocycles. The van der Waals surface area contributed by atoms with E-state index in [1.807, 2.05) is 6.20 Å². The Morgan fingerprint density at radius 3 is 2.92 bits per heavy atom. The number of hydrogen-bond acceptors (Lipinski definition) is 2. The average Bonchev–Trinajstić information content (AvgIpc) is 2.55. The molecule has 1 heterocycles. The third kappa shape index (κ3) is 4.15. The fraction of sp³-hybridized carbons (Fsp3) is 0.500. The number of nitrogens with two attached hydrogens (primary N) is 2. The first-order valence-corrected chi connectivity index (χ1v) is 4.32. The highest BCUT2D eigenvalue weighted by Gasteiger charge is 1.93. The van der Waals surface area contributed by atoms with Crippen molar-refractivity contribution >= 4 is 5.96 Å². The molecule has 0 saturated heterocycles. The Bertz CT molecular complexity index is 248. The zero-order valence-electron chi connectivity index (χ0n) is 7.53. The topological polar surface area (TPSA) is 93.1 Å². The SMILES string of the molecule is NC(N)=NCCCCc1ncc[nH]1. The summed E-state index contributed by atoms with van der Waals surface area (Å²) in [6.07, 6.45) is 6.56. The van der Waals surface area contributed by atoms with Crippen LogP contribution in [-0.4, -0.2) is 22.5 Å². The first-order chi connectivity index (χ1) is 6.29. The Kier molecular flexibility index (Phi) is 3.81. The van der Waals surface area contributed by atoms with Gasteiger partial charge < -0.3 is 16.5 Å². The number of guanidine groups is 1. The number of nitrogens with one attached hydrogen (secondary N) is 1. The van der Waals surface area contributed by atoms with Crippen LogP contribution in [0.15, 0.2) is 17.4 Å². The zero-order valence-corrected chi connectivity index (χ0v) is 7.53. The second-order valence-electron chi connectivity index (χ2n) is 2.80. The first-order valence-electron chi connectivity index (χ1n) is 4.32. The van der Waals surface area contributed by atoms with Crippen molar-refractivity contribution in [2.45, 2.75) is 19.3 Å². The maximum Gasteiger partial charge on any atom is 0.185 e. The van der Waals surface area contributed by atoms with Crippen LogP contribution in [0.3, 0.4) is 0 Å². The fourth-order valence-corrected chi connectivity index (χ4v) is 1.05. The third-order valence-corrected chi connectivity index (χ3v) is 1.67. The number of aryl methyl sites for hydroxylation is 1. The number of unbranched alkanes of at least 4 members (excludes halogenated alkanes) is 1. The van der Waals surface area contributed by atoms with E-state index in [0.29, 0.717) is 6.54 Å². The predicted molar refractivity (Wildman–Crippen MR) is 52.2 cm³/mol. The minimum Gasteiger partial charge on any atom is -0.370 e. The van der Waals surface area contributed by atoms with Gasteiger partial charge in [0.05, 0.1) is 0 Å². The van der Waals surface area contributed by atoms with Crippen molar-refractivity contribution in [1.29, 1.82) is 0 Å². The Hall–Kier alpha value is -1.52. The van der Waals surface area contributed by atoms with Crippen molar-refractivity contribution in [3.63, 3.8) is 0 Å². The summed E-state index contributed by atoms with van der Waals surface area (Å²) in [4.78, 5) is 11.0. The Morgan fingerprint density at radius 2 is 2.31 bits per heavy atom. The summed E-state index contributed by atoms with van der Waals surface area (Å²) in [5.74, 6) is 1.18. The molecule has 0 unspecified atom stereocenters. The molecule has 0 radical (unpaired) electrons. The van der Waals surface area contributed by atoms with Gasteiger partial charge >= 0.3 is 0 Å². The van der Waals surface area contributed by atoms with E-state index in [2.05, 4.69) is 15.0 Å². The summed E-state index contributed by atoms with van der Waals surface area (Å²) in [6.45, 7) is 0.697. The molecule has 1 aromatic rings. The maximum absolute atomic E-state index is 5.18. The smallest absolute Gasteiger partial charge is 0.185 e. The van der Waals surface area contributed by atoms with Crippen LogP contribution in [0.2, 0.25) is 0 Å². The van der Waals surface area contributed by atoms with E-state index in [-0.39, 0.29) is 5.96 Å². The van der Waals surface area contributed by atoms with E-state index in [9.17, 15) is 0 Å². The van der Waals surface area contributed by atoms with Crippen LogP contribution < -0.4 is 11.5 Å². The van der Waals surface area contributed by atoms with Gasteiger partial charge in [-0.2, -0.15) is 0 Å². The van der Waals surface area contributed by atoms with Crippen molar-refractivity contribution in [3.05, 3.63) is 18.2 Å². The van der Waals surface area contributed by atoms with Gasteiger partial charge in [-0.25, -0.2) is 4.98 Å². The molecule has 5 N–H and O–H groups in total. The molecule has 0 atom stereocenters. The molecule has 0 fully saturated rings. The summed E-state index contributed by atoms with van der Waals surface area (Å²) < 4.78 is 0. The highest BCUT2D eigenvalue weighted by molar-refractivity contribution is 5.75. The molecule has 13 heavy (non-hydrogen) atoms. The number of H-pyrrole nitrogens is 1. The molecule has 0 spiro atoms. The van der Waals surface area contributed by atoms with Crippen LogP contribution in [0.5, 0.6) is 0 Å². The van der Waals surface area contributed by atoms with Gasteiger partial charge in [-0.1, -0.05) is 0 Å². The number of aliphatic imine (C=N–C) groups is 1. The maximum atomic E-state index is 5.18. The quantitative estimate of drug-likeness (QED) is 0.339. The Balaban J connectivity index is 2.05. The highest BCUT2D eigenvalue weighted by atomic mass is 15.0. The summed E-state index contributed by atoms with van der Waals surface area (Å²) in [7, 11) is 0. The van der Waals surface area contributed by atoms with E-state index < -0.39 is 0 Å². The number of nitrogens with zero attached hydrogens (tertiary/aromatic N) is 2. The third-order valence-electron chi connectivity index (χ3n) is 1.67. The molecular formula is C8H15N5. The second-order valence-corrected chi connectivity index (χ2v) is 2.80. The van der Waals surface area contributed by atoms with Crippen LogP contribution in [0.4, 0.5) is 0 Å². The van der Waals surface area contributed by atoms with E-state index in [4.69, 9.17) is 11.5 Å². The summed E-state index contributed by atoms with van der Waals surface area (Å²) in [5.41, 5.74) is 10.4. The van der Waals surface area contributed by atoms with E-state index in [0.717, 1.165) is 25.1 Å².